The standard InChI is InChI=1S/C14H16N2O3/c1-18-9-5-8-15-14(17)12-13(19-10-16-12)11-6-3-2-4-7-11/h2-4,6-7,10H,5,8-9H2,1H3,(H,15,17). The third kappa shape index (κ3) is 3.42. The van der Waals surface area contributed by atoms with Gasteiger partial charge in [0.25, 0.3) is 5.91 Å². The van der Waals surface area contributed by atoms with Crippen LogP contribution in [0.4, 0.5) is 0 Å². The van der Waals surface area contributed by atoms with Gasteiger partial charge < -0.3 is 14.5 Å². The number of rotatable bonds is 6. The van der Waals surface area contributed by atoms with Crippen LogP contribution in [0.5, 0.6) is 0 Å². The van der Waals surface area contributed by atoms with E-state index in [0.717, 1.165) is 12.0 Å². The van der Waals surface area contributed by atoms with E-state index in [1.807, 2.05) is 30.3 Å². The SMILES string of the molecule is COCCCNC(=O)c1ncoc1-c1ccccc1. The number of aromatic nitrogens is 1. The number of oxazole rings is 1. The Morgan fingerprint density at radius 1 is 1.37 bits per heavy atom. The minimum Gasteiger partial charge on any atom is -0.443 e. The Labute approximate surface area is 111 Å². The number of hydrogen-bond donors (Lipinski definition) is 1. The molecule has 19 heavy (non-hydrogen) atoms. The lowest BCUT2D eigenvalue weighted by molar-refractivity contribution is 0.0944. The molecule has 1 N–H and O–H groups in total. The van der Waals surface area contributed by atoms with Crippen LogP contribution in [-0.2, 0) is 4.74 Å². The van der Waals surface area contributed by atoms with Crippen molar-refractivity contribution in [2.24, 2.45) is 0 Å². The first-order valence-electron chi connectivity index (χ1n) is 6.09. The molecule has 0 saturated carbocycles. The van der Waals surface area contributed by atoms with Crippen molar-refractivity contribution in [1.82, 2.24) is 10.3 Å². The first-order chi connectivity index (χ1) is 9.33. The molecule has 0 aliphatic rings. The Balaban J connectivity index is 2.05. The van der Waals surface area contributed by atoms with E-state index in [1.165, 1.54) is 6.39 Å². The van der Waals surface area contributed by atoms with Crippen LogP contribution < -0.4 is 5.32 Å². The molecular weight excluding hydrogens is 244 g/mol. The third-order valence-corrected chi connectivity index (χ3v) is 2.63. The number of nitrogens with zero attached hydrogens (tertiary/aromatic N) is 1. The van der Waals surface area contributed by atoms with Gasteiger partial charge in [-0.15, -0.1) is 0 Å². The van der Waals surface area contributed by atoms with Crippen LogP contribution in [0.25, 0.3) is 11.3 Å². The Bertz CT molecular complexity index is 522. The predicted octanol–water partition coefficient (Wildman–Crippen LogP) is 2.11. The average molecular weight is 260 g/mol. The third-order valence-electron chi connectivity index (χ3n) is 2.63. The zero-order chi connectivity index (χ0) is 13.5. The second-order valence-corrected chi connectivity index (χ2v) is 4.00. The first-order valence-corrected chi connectivity index (χ1v) is 6.09. The number of ether oxygens (including phenoxy) is 1. The smallest absolute Gasteiger partial charge is 0.273 e. The van der Waals surface area contributed by atoms with Crippen LogP contribution >= 0.6 is 0 Å². The fourth-order valence-electron chi connectivity index (χ4n) is 1.70. The monoisotopic (exact) mass is 260 g/mol. The van der Waals surface area contributed by atoms with Crippen molar-refractivity contribution in [3.8, 4) is 11.3 Å². The normalized spacial score (nSPS) is 10.4. The molecule has 100 valence electrons. The topological polar surface area (TPSA) is 64.4 Å². The maximum Gasteiger partial charge on any atom is 0.273 e. The molecule has 0 fully saturated rings. The highest BCUT2D eigenvalue weighted by atomic mass is 16.5. The molecule has 0 bridgehead atoms. The number of carbonyl (C=O) groups is 1. The summed E-state index contributed by atoms with van der Waals surface area (Å²) in [7, 11) is 1.63. The van der Waals surface area contributed by atoms with E-state index in [0.29, 0.717) is 24.6 Å². The zero-order valence-electron chi connectivity index (χ0n) is 10.8. The Morgan fingerprint density at radius 2 is 2.16 bits per heavy atom. The van der Waals surface area contributed by atoms with Crippen molar-refractivity contribution in [2.45, 2.75) is 6.42 Å². The van der Waals surface area contributed by atoms with E-state index >= 15 is 0 Å². The summed E-state index contributed by atoms with van der Waals surface area (Å²) in [6, 6.07) is 9.44. The van der Waals surface area contributed by atoms with Crippen molar-refractivity contribution >= 4 is 5.91 Å². The highest BCUT2D eigenvalue weighted by Gasteiger charge is 2.17. The lowest BCUT2D eigenvalue weighted by atomic mass is 10.1. The second kappa shape index (κ2) is 6.70. The number of benzene rings is 1. The van der Waals surface area contributed by atoms with E-state index in [2.05, 4.69) is 10.3 Å². The van der Waals surface area contributed by atoms with Crippen molar-refractivity contribution in [1.29, 1.82) is 0 Å². The van der Waals surface area contributed by atoms with Gasteiger partial charge in [0.05, 0.1) is 0 Å². The molecule has 0 spiro atoms. The lowest BCUT2D eigenvalue weighted by Crippen LogP contribution is -2.26. The number of hydrogen-bond acceptors (Lipinski definition) is 4. The van der Waals surface area contributed by atoms with Crippen LogP contribution in [0.15, 0.2) is 41.1 Å². The van der Waals surface area contributed by atoms with E-state index in [4.69, 9.17) is 9.15 Å². The molecule has 5 nitrogen and oxygen atoms in total. The minimum absolute atomic E-state index is 0.233. The number of nitrogens with one attached hydrogen (secondary N) is 1. The molecule has 1 aromatic heterocycles. The van der Waals surface area contributed by atoms with Gasteiger partial charge in [-0.1, -0.05) is 30.3 Å². The maximum atomic E-state index is 12.0. The highest BCUT2D eigenvalue weighted by Crippen LogP contribution is 2.22. The zero-order valence-corrected chi connectivity index (χ0v) is 10.8. The van der Waals surface area contributed by atoms with Crippen molar-refractivity contribution in [3.63, 3.8) is 0 Å². The van der Waals surface area contributed by atoms with E-state index in [1.54, 1.807) is 7.11 Å². The fourth-order valence-corrected chi connectivity index (χ4v) is 1.70. The summed E-state index contributed by atoms with van der Waals surface area (Å²) in [6.07, 6.45) is 2.05. The van der Waals surface area contributed by atoms with Gasteiger partial charge in [-0.05, 0) is 6.42 Å². The summed E-state index contributed by atoms with van der Waals surface area (Å²) in [4.78, 5) is 16.0. The molecule has 0 aliphatic carbocycles. The number of methoxy groups -OCH3 is 1. The van der Waals surface area contributed by atoms with E-state index < -0.39 is 0 Å². The summed E-state index contributed by atoms with van der Waals surface area (Å²) in [6.45, 7) is 1.17. The predicted molar refractivity (Wildman–Crippen MR) is 70.8 cm³/mol. The molecule has 1 heterocycles. The van der Waals surface area contributed by atoms with Gasteiger partial charge >= 0.3 is 0 Å². The van der Waals surface area contributed by atoms with E-state index in [9.17, 15) is 4.79 Å². The van der Waals surface area contributed by atoms with Crippen LogP contribution in [-0.4, -0.2) is 31.2 Å². The summed E-state index contributed by atoms with van der Waals surface area (Å²) < 4.78 is 10.2. The van der Waals surface area contributed by atoms with Crippen LogP contribution in [0, 0.1) is 0 Å². The van der Waals surface area contributed by atoms with Gasteiger partial charge in [0.15, 0.2) is 17.8 Å². The molecular formula is C14H16N2O3. The molecule has 0 unspecified atom stereocenters. The Morgan fingerprint density at radius 3 is 2.89 bits per heavy atom. The fraction of sp³-hybridized carbons (Fsp3) is 0.286. The van der Waals surface area contributed by atoms with Gasteiger partial charge in [-0.25, -0.2) is 4.98 Å². The molecule has 1 aromatic carbocycles. The summed E-state index contributed by atoms with van der Waals surface area (Å²) in [5, 5.41) is 2.79. The van der Waals surface area contributed by atoms with Gasteiger partial charge in [0, 0.05) is 25.8 Å². The second-order valence-electron chi connectivity index (χ2n) is 4.00. The molecule has 5 heteroatoms. The van der Waals surface area contributed by atoms with Gasteiger partial charge in [-0.2, -0.15) is 0 Å². The molecule has 0 atom stereocenters. The molecule has 0 saturated heterocycles. The van der Waals surface area contributed by atoms with E-state index in [-0.39, 0.29) is 5.91 Å². The largest absolute Gasteiger partial charge is 0.443 e. The van der Waals surface area contributed by atoms with Gasteiger partial charge in [-0.3, -0.25) is 4.79 Å². The van der Waals surface area contributed by atoms with Crippen molar-refractivity contribution in [2.75, 3.05) is 20.3 Å². The molecule has 1 amide bonds. The molecule has 0 radical (unpaired) electrons. The summed E-state index contributed by atoms with van der Waals surface area (Å²) in [5.41, 5.74) is 1.14. The van der Waals surface area contributed by atoms with Crippen LogP contribution in [0.2, 0.25) is 0 Å². The lowest BCUT2D eigenvalue weighted by Gasteiger charge is -2.04. The summed E-state index contributed by atoms with van der Waals surface area (Å²) >= 11 is 0. The van der Waals surface area contributed by atoms with Gasteiger partial charge in [0.2, 0.25) is 0 Å². The van der Waals surface area contributed by atoms with Crippen molar-refractivity contribution in [3.05, 3.63) is 42.4 Å². The summed E-state index contributed by atoms with van der Waals surface area (Å²) in [5.74, 6) is 0.258. The van der Waals surface area contributed by atoms with Crippen LogP contribution in [0.1, 0.15) is 16.9 Å². The van der Waals surface area contributed by atoms with Crippen molar-refractivity contribution < 1.29 is 13.9 Å². The maximum absolute atomic E-state index is 12.0. The molecule has 2 aromatic rings. The number of carbonyl (C=O) groups excluding carboxylic acids is 1. The molecule has 0 aliphatic heterocycles. The average Bonchev–Trinajstić information content (AvgIpc) is 2.94. The highest BCUT2D eigenvalue weighted by molar-refractivity contribution is 5.97. The first kappa shape index (κ1) is 13.3. The number of amides is 1. The van der Waals surface area contributed by atoms with Gasteiger partial charge in [0.1, 0.15) is 0 Å². The Kier molecular flexibility index (Phi) is 4.69. The molecule has 2 rings (SSSR count). The van der Waals surface area contributed by atoms with Crippen LogP contribution in [0.3, 0.4) is 0 Å². The quantitative estimate of drug-likeness (QED) is 0.808. The Hall–Kier alpha value is -2.14. The minimum atomic E-state index is -0.233.